The zero-order valence-electron chi connectivity index (χ0n) is 11.7. The van der Waals surface area contributed by atoms with E-state index in [0.717, 1.165) is 25.1 Å². The molecule has 1 atom stereocenters. The maximum absolute atomic E-state index is 11.4. The molecule has 1 fully saturated rings. The number of amides is 1. The van der Waals surface area contributed by atoms with Gasteiger partial charge in [-0.25, -0.2) is 14.8 Å². The summed E-state index contributed by atoms with van der Waals surface area (Å²) in [5.41, 5.74) is 1.46. The van der Waals surface area contributed by atoms with E-state index in [-0.39, 0.29) is 0 Å². The lowest BCUT2D eigenvalue weighted by atomic mass is 9.99. The summed E-state index contributed by atoms with van der Waals surface area (Å²) < 4.78 is 10.3. The third kappa shape index (κ3) is 3.27. The van der Waals surface area contributed by atoms with Crippen LogP contribution in [0.25, 0.3) is 10.5 Å². The highest BCUT2D eigenvalue weighted by Gasteiger charge is 2.19. The highest BCUT2D eigenvalue weighted by molar-refractivity contribution is 7.21. The summed E-state index contributed by atoms with van der Waals surface area (Å²) in [6.45, 7) is 3.58. The van der Waals surface area contributed by atoms with E-state index < -0.39 is 6.09 Å². The number of carbonyl (C=O) groups is 1. The largest absolute Gasteiger partial charge is 0.450 e. The van der Waals surface area contributed by atoms with Gasteiger partial charge in [0.15, 0.2) is 15.6 Å². The minimum atomic E-state index is -0.516. The molecule has 0 saturated carbocycles. The summed E-state index contributed by atoms with van der Waals surface area (Å²) in [4.78, 5) is 25.2. The molecular formula is C13H16N4O3S. The van der Waals surface area contributed by atoms with E-state index in [1.165, 1.54) is 11.3 Å². The second-order valence-corrected chi connectivity index (χ2v) is 5.68. The Morgan fingerprint density at radius 2 is 2.48 bits per heavy atom. The number of rotatable bonds is 3. The smallest absolute Gasteiger partial charge is 0.413 e. The number of hydrogen-bond acceptors (Lipinski definition) is 7. The van der Waals surface area contributed by atoms with Gasteiger partial charge in [0.25, 0.3) is 0 Å². The molecule has 1 N–H and O–H groups in total. The van der Waals surface area contributed by atoms with E-state index in [2.05, 4.69) is 20.3 Å². The summed E-state index contributed by atoms with van der Waals surface area (Å²) >= 11 is 1.29. The zero-order valence-corrected chi connectivity index (χ0v) is 12.5. The van der Waals surface area contributed by atoms with Crippen molar-refractivity contribution in [3.05, 3.63) is 11.9 Å². The first kappa shape index (κ1) is 14.2. The Balaban J connectivity index is 1.79. The normalized spacial score (nSPS) is 18.6. The van der Waals surface area contributed by atoms with Crippen LogP contribution in [0, 0.1) is 0 Å². The summed E-state index contributed by atoms with van der Waals surface area (Å²) in [6.07, 6.45) is 3.34. The van der Waals surface area contributed by atoms with Crippen LogP contribution in [0.2, 0.25) is 0 Å². The van der Waals surface area contributed by atoms with Gasteiger partial charge >= 0.3 is 6.09 Å². The number of anilines is 1. The molecule has 0 aliphatic carbocycles. The Kier molecular flexibility index (Phi) is 4.26. The fraction of sp³-hybridized carbons (Fsp3) is 0.538. The molecule has 0 radical (unpaired) electrons. The quantitative estimate of drug-likeness (QED) is 0.937. The van der Waals surface area contributed by atoms with Gasteiger partial charge in [0.2, 0.25) is 0 Å². The van der Waals surface area contributed by atoms with Gasteiger partial charge in [0.05, 0.1) is 25.1 Å². The van der Waals surface area contributed by atoms with Gasteiger partial charge in [-0.3, -0.25) is 5.32 Å². The van der Waals surface area contributed by atoms with Gasteiger partial charge in [0, 0.05) is 12.5 Å². The highest BCUT2D eigenvalue weighted by atomic mass is 32.1. The first-order valence-electron chi connectivity index (χ1n) is 6.91. The SMILES string of the molecule is CCOC(=O)Nc1nc2ncc(C3CCCOC3)nc2s1. The van der Waals surface area contributed by atoms with E-state index in [1.807, 2.05) is 0 Å². The van der Waals surface area contributed by atoms with Gasteiger partial charge < -0.3 is 9.47 Å². The highest BCUT2D eigenvalue weighted by Crippen LogP contribution is 2.28. The third-order valence-electron chi connectivity index (χ3n) is 3.20. The molecule has 8 heteroatoms. The summed E-state index contributed by atoms with van der Waals surface area (Å²) in [5, 5.41) is 3.02. The molecule has 1 aliphatic heterocycles. The van der Waals surface area contributed by atoms with E-state index >= 15 is 0 Å². The van der Waals surface area contributed by atoms with E-state index in [4.69, 9.17) is 9.47 Å². The zero-order chi connectivity index (χ0) is 14.7. The van der Waals surface area contributed by atoms with Crippen molar-refractivity contribution in [1.82, 2.24) is 15.0 Å². The number of ether oxygens (including phenoxy) is 2. The fourth-order valence-electron chi connectivity index (χ4n) is 2.21. The van der Waals surface area contributed by atoms with Crippen molar-refractivity contribution < 1.29 is 14.3 Å². The van der Waals surface area contributed by atoms with E-state index in [0.29, 0.717) is 34.7 Å². The predicted molar refractivity (Wildman–Crippen MR) is 78.6 cm³/mol. The average Bonchev–Trinajstić information content (AvgIpc) is 2.89. The number of aromatic nitrogens is 3. The van der Waals surface area contributed by atoms with Crippen LogP contribution in [-0.2, 0) is 9.47 Å². The molecule has 21 heavy (non-hydrogen) atoms. The lowest BCUT2D eigenvalue weighted by Crippen LogP contribution is -2.16. The van der Waals surface area contributed by atoms with Gasteiger partial charge in [-0.2, -0.15) is 4.98 Å². The molecule has 0 bridgehead atoms. The van der Waals surface area contributed by atoms with Crippen LogP contribution in [0.5, 0.6) is 0 Å². The van der Waals surface area contributed by atoms with Crippen molar-refractivity contribution in [3.8, 4) is 0 Å². The van der Waals surface area contributed by atoms with Crippen LogP contribution >= 0.6 is 11.3 Å². The van der Waals surface area contributed by atoms with Crippen molar-refractivity contribution in [1.29, 1.82) is 0 Å². The molecule has 1 unspecified atom stereocenters. The minimum absolute atomic E-state index is 0.291. The Hall–Kier alpha value is -1.80. The van der Waals surface area contributed by atoms with Crippen LogP contribution in [0.1, 0.15) is 31.4 Å². The first-order valence-corrected chi connectivity index (χ1v) is 7.73. The Labute approximate surface area is 125 Å². The average molecular weight is 308 g/mol. The maximum atomic E-state index is 11.4. The van der Waals surface area contributed by atoms with Crippen LogP contribution < -0.4 is 5.32 Å². The fourth-order valence-corrected chi connectivity index (χ4v) is 3.00. The summed E-state index contributed by atoms with van der Waals surface area (Å²) in [6, 6.07) is 0. The molecule has 1 saturated heterocycles. The van der Waals surface area contributed by atoms with Crippen LogP contribution in [0.4, 0.5) is 9.93 Å². The molecule has 0 aromatic carbocycles. The standard InChI is InChI=1S/C13H16N4O3S/c1-2-20-13(18)17-12-16-10-11(21-12)15-9(6-14-10)8-4-3-5-19-7-8/h6,8H,2-5,7H2,1H3,(H,14,16,17,18). The van der Waals surface area contributed by atoms with Gasteiger partial charge in [-0.15, -0.1) is 0 Å². The minimum Gasteiger partial charge on any atom is -0.450 e. The molecule has 2 aromatic rings. The topological polar surface area (TPSA) is 86.2 Å². The molecule has 112 valence electrons. The number of nitrogens with zero attached hydrogens (tertiary/aromatic N) is 3. The predicted octanol–water partition coefficient (Wildman–Crippen LogP) is 2.55. The molecule has 2 aromatic heterocycles. The molecule has 1 aliphatic rings. The molecule has 3 rings (SSSR count). The van der Waals surface area contributed by atoms with E-state index in [9.17, 15) is 4.79 Å². The molecule has 0 spiro atoms. The second kappa shape index (κ2) is 6.31. The number of carbonyl (C=O) groups excluding carboxylic acids is 1. The van der Waals surface area contributed by atoms with Crippen LogP contribution in [-0.4, -0.2) is 40.9 Å². The van der Waals surface area contributed by atoms with E-state index in [1.54, 1.807) is 13.1 Å². The van der Waals surface area contributed by atoms with Crippen molar-refractivity contribution >= 4 is 33.0 Å². The molecule has 3 heterocycles. The Bertz CT molecular complexity index is 639. The van der Waals surface area contributed by atoms with Gasteiger partial charge in [-0.1, -0.05) is 11.3 Å². The van der Waals surface area contributed by atoms with Crippen molar-refractivity contribution in [3.63, 3.8) is 0 Å². The number of nitrogens with one attached hydrogen (secondary N) is 1. The second-order valence-electron chi connectivity index (χ2n) is 4.70. The number of fused-ring (bicyclic) bond motifs is 1. The van der Waals surface area contributed by atoms with Crippen molar-refractivity contribution in [2.24, 2.45) is 0 Å². The molecular weight excluding hydrogens is 292 g/mol. The monoisotopic (exact) mass is 308 g/mol. The van der Waals surface area contributed by atoms with Crippen LogP contribution in [0.3, 0.4) is 0 Å². The maximum Gasteiger partial charge on any atom is 0.413 e. The Morgan fingerprint density at radius 1 is 1.57 bits per heavy atom. The lowest BCUT2D eigenvalue weighted by molar-refractivity contribution is 0.0793. The lowest BCUT2D eigenvalue weighted by Gasteiger charge is -2.20. The molecule has 1 amide bonds. The van der Waals surface area contributed by atoms with Gasteiger partial charge in [-0.05, 0) is 19.8 Å². The number of thiazole rings is 1. The molecule has 7 nitrogen and oxygen atoms in total. The third-order valence-corrected chi connectivity index (χ3v) is 4.06. The number of hydrogen-bond donors (Lipinski definition) is 1. The summed E-state index contributed by atoms with van der Waals surface area (Å²) in [7, 11) is 0. The van der Waals surface area contributed by atoms with Crippen LogP contribution in [0.15, 0.2) is 6.20 Å². The summed E-state index contributed by atoms with van der Waals surface area (Å²) in [5.74, 6) is 0.291. The van der Waals surface area contributed by atoms with Gasteiger partial charge in [0.1, 0.15) is 0 Å². The first-order chi connectivity index (χ1) is 10.3. The Morgan fingerprint density at radius 3 is 3.24 bits per heavy atom. The van der Waals surface area contributed by atoms with Crippen molar-refractivity contribution in [2.45, 2.75) is 25.7 Å². The van der Waals surface area contributed by atoms with Crippen molar-refractivity contribution in [2.75, 3.05) is 25.1 Å².